The fourth-order valence-electron chi connectivity index (χ4n) is 2.89. The van der Waals surface area contributed by atoms with Crippen LogP contribution in [0.1, 0.15) is 11.1 Å². The molecule has 0 atom stereocenters. The smallest absolute Gasteiger partial charge is 0.324 e. The van der Waals surface area contributed by atoms with Crippen LogP contribution in [-0.4, -0.2) is 20.9 Å². The summed E-state index contributed by atoms with van der Waals surface area (Å²) in [7, 11) is -4.33. The van der Waals surface area contributed by atoms with Crippen molar-refractivity contribution in [3.63, 3.8) is 0 Å². The Morgan fingerprint density at radius 3 is 2.28 bits per heavy atom. The third-order valence-corrected chi connectivity index (χ3v) is 6.75. The first-order valence-electron chi connectivity index (χ1n) is 9.29. The van der Waals surface area contributed by atoms with Crippen molar-refractivity contribution in [2.45, 2.75) is 18.0 Å². The van der Waals surface area contributed by atoms with E-state index >= 15 is 0 Å². The molecule has 0 unspecified atom stereocenters. The van der Waals surface area contributed by atoms with Gasteiger partial charge in [-0.3, -0.25) is 9.10 Å². The van der Waals surface area contributed by atoms with Crippen LogP contribution in [0.15, 0.2) is 82.2 Å². The molecular weight excluding hydrogens is 509 g/mol. The summed E-state index contributed by atoms with van der Waals surface area (Å²) in [5, 5.41) is 2.56. The number of sulfonamides is 1. The van der Waals surface area contributed by atoms with Crippen molar-refractivity contribution < 1.29 is 26.4 Å². The SMILES string of the molecule is Cc1ccc(S(=O)(=O)N(CC(=O)Nc2cccc(Br)c2)c2cccc(C(F)(F)F)c2)cc1. The molecule has 0 heterocycles. The van der Waals surface area contributed by atoms with Crippen LogP contribution >= 0.6 is 15.9 Å². The van der Waals surface area contributed by atoms with Gasteiger partial charge in [0.25, 0.3) is 10.0 Å². The number of nitrogens with zero attached hydrogens (tertiary/aromatic N) is 1. The van der Waals surface area contributed by atoms with Crippen molar-refractivity contribution in [3.8, 4) is 0 Å². The standard InChI is InChI=1S/C22H18BrF3N2O3S/c1-15-8-10-20(11-9-15)32(30,31)28(19-7-2-4-16(12-19)22(24,25)26)14-21(29)27-18-6-3-5-17(23)13-18/h2-13H,14H2,1H3,(H,27,29). The Hall–Kier alpha value is -2.85. The van der Waals surface area contributed by atoms with E-state index in [2.05, 4.69) is 21.2 Å². The van der Waals surface area contributed by atoms with E-state index in [1.54, 1.807) is 43.3 Å². The molecule has 0 saturated carbocycles. The van der Waals surface area contributed by atoms with Crippen LogP contribution in [0.2, 0.25) is 0 Å². The second-order valence-corrected chi connectivity index (χ2v) is 9.71. The van der Waals surface area contributed by atoms with Gasteiger partial charge in [-0.25, -0.2) is 8.42 Å². The number of alkyl halides is 3. The molecule has 0 aliphatic carbocycles. The molecule has 0 spiro atoms. The van der Waals surface area contributed by atoms with Gasteiger partial charge < -0.3 is 5.32 Å². The summed E-state index contributed by atoms with van der Waals surface area (Å²) in [5.74, 6) is -0.712. The van der Waals surface area contributed by atoms with E-state index in [9.17, 15) is 26.4 Å². The van der Waals surface area contributed by atoms with E-state index in [0.717, 1.165) is 17.7 Å². The molecule has 10 heteroatoms. The third kappa shape index (κ3) is 5.68. The van der Waals surface area contributed by atoms with Crippen molar-refractivity contribution in [1.29, 1.82) is 0 Å². The molecule has 0 aliphatic rings. The average Bonchev–Trinajstić information content (AvgIpc) is 2.72. The molecule has 168 valence electrons. The van der Waals surface area contributed by atoms with Crippen molar-refractivity contribution in [2.75, 3.05) is 16.2 Å². The Labute approximate surface area is 192 Å². The van der Waals surface area contributed by atoms with Gasteiger partial charge in [-0.15, -0.1) is 0 Å². The van der Waals surface area contributed by atoms with E-state index in [0.29, 0.717) is 20.5 Å². The van der Waals surface area contributed by atoms with Crippen LogP contribution in [0.3, 0.4) is 0 Å². The van der Waals surface area contributed by atoms with E-state index in [-0.39, 0.29) is 10.6 Å². The predicted molar refractivity (Wildman–Crippen MR) is 120 cm³/mol. The summed E-state index contributed by atoms with van der Waals surface area (Å²) in [6.45, 7) is 1.05. The van der Waals surface area contributed by atoms with Crippen molar-refractivity contribution in [1.82, 2.24) is 0 Å². The zero-order valence-corrected chi connectivity index (χ0v) is 19.1. The number of hydrogen-bond acceptors (Lipinski definition) is 3. The number of hydrogen-bond donors (Lipinski definition) is 1. The molecule has 1 amide bonds. The Balaban J connectivity index is 2.01. The minimum Gasteiger partial charge on any atom is -0.324 e. The molecule has 3 rings (SSSR count). The quantitative estimate of drug-likeness (QED) is 0.453. The lowest BCUT2D eigenvalue weighted by atomic mass is 10.2. The van der Waals surface area contributed by atoms with Crippen LogP contribution < -0.4 is 9.62 Å². The summed E-state index contributed by atoms with van der Waals surface area (Å²) < 4.78 is 67.7. The summed E-state index contributed by atoms with van der Waals surface area (Å²) in [5.41, 5.74) is -0.0839. The second-order valence-electron chi connectivity index (χ2n) is 6.93. The van der Waals surface area contributed by atoms with Gasteiger partial charge >= 0.3 is 6.18 Å². The number of rotatable bonds is 6. The zero-order chi connectivity index (χ0) is 23.5. The van der Waals surface area contributed by atoms with Gasteiger partial charge in [-0.2, -0.15) is 13.2 Å². The van der Waals surface area contributed by atoms with Gasteiger partial charge in [0.2, 0.25) is 5.91 Å². The first kappa shape index (κ1) is 23.8. The number of amides is 1. The van der Waals surface area contributed by atoms with E-state index in [1.807, 2.05) is 0 Å². The van der Waals surface area contributed by atoms with Gasteiger partial charge in [-0.05, 0) is 55.5 Å². The Bertz CT molecular complexity index is 1230. The molecule has 0 saturated heterocycles. The number of halogens is 4. The monoisotopic (exact) mass is 526 g/mol. The number of benzene rings is 3. The predicted octanol–water partition coefficient (Wildman–Crippen LogP) is 5.61. The van der Waals surface area contributed by atoms with E-state index in [1.165, 1.54) is 18.2 Å². The van der Waals surface area contributed by atoms with Crippen LogP contribution in [0, 0.1) is 6.92 Å². The third-order valence-electron chi connectivity index (χ3n) is 4.47. The van der Waals surface area contributed by atoms with Gasteiger partial charge in [0.1, 0.15) is 6.54 Å². The highest BCUT2D eigenvalue weighted by molar-refractivity contribution is 9.10. The number of aryl methyl sites for hydroxylation is 1. The van der Waals surface area contributed by atoms with Crippen molar-refractivity contribution >= 4 is 43.2 Å². The van der Waals surface area contributed by atoms with Gasteiger partial charge in [0, 0.05) is 10.2 Å². The van der Waals surface area contributed by atoms with E-state index in [4.69, 9.17) is 0 Å². The van der Waals surface area contributed by atoms with Gasteiger partial charge in [0.05, 0.1) is 16.1 Å². The van der Waals surface area contributed by atoms with Crippen LogP contribution in [0.25, 0.3) is 0 Å². The van der Waals surface area contributed by atoms with Crippen LogP contribution in [-0.2, 0) is 21.0 Å². The largest absolute Gasteiger partial charge is 0.416 e. The molecular formula is C22H18BrF3N2O3S. The van der Waals surface area contributed by atoms with Gasteiger partial charge in [0.15, 0.2) is 0 Å². The van der Waals surface area contributed by atoms with Crippen molar-refractivity contribution in [3.05, 3.63) is 88.4 Å². The summed E-state index contributed by atoms with van der Waals surface area (Å²) in [4.78, 5) is 12.5. The maximum Gasteiger partial charge on any atom is 0.416 e. The highest BCUT2D eigenvalue weighted by atomic mass is 79.9. The lowest BCUT2D eigenvalue weighted by molar-refractivity contribution is -0.137. The Morgan fingerprint density at radius 1 is 1.00 bits per heavy atom. The maximum atomic E-state index is 13.3. The highest BCUT2D eigenvalue weighted by Gasteiger charge is 2.33. The topological polar surface area (TPSA) is 66.5 Å². The summed E-state index contributed by atoms with van der Waals surface area (Å²) in [6.07, 6.45) is -4.67. The minimum absolute atomic E-state index is 0.143. The Kier molecular flexibility index (Phi) is 6.94. The van der Waals surface area contributed by atoms with Crippen LogP contribution in [0.4, 0.5) is 24.5 Å². The first-order chi connectivity index (χ1) is 15.0. The number of anilines is 2. The molecule has 0 radical (unpaired) electrons. The number of carbonyl (C=O) groups is 1. The average molecular weight is 527 g/mol. The highest BCUT2D eigenvalue weighted by Crippen LogP contribution is 2.33. The lowest BCUT2D eigenvalue weighted by Crippen LogP contribution is -2.38. The minimum atomic E-state index is -4.67. The van der Waals surface area contributed by atoms with E-state index < -0.39 is 34.2 Å². The molecule has 0 bridgehead atoms. The molecule has 3 aromatic carbocycles. The number of carbonyl (C=O) groups excluding carboxylic acids is 1. The Morgan fingerprint density at radius 2 is 1.66 bits per heavy atom. The summed E-state index contributed by atoms with van der Waals surface area (Å²) in [6, 6.07) is 16.3. The second kappa shape index (κ2) is 9.33. The summed E-state index contributed by atoms with van der Waals surface area (Å²) >= 11 is 3.27. The van der Waals surface area contributed by atoms with Gasteiger partial charge in [-0.1, -0.05) is 45.8 Å². The molecule has 0 aliphatic heterocycles. The zero-order valence-electron chi connectivity index (χ0n) is 16.7. The van der Waals surface area contributed by atoms with Crippen molar-refractivity contribution in [2.24, 2.45) is 0 Å². The first-order valence-corrected chi connectivity index (χ1v) is 11.5. The lowest BCUT2D eigenvalue weighted by Gasteiger charge is -2.25. The molecule has 1 N–H and O–H groups in total. The molecule has 5 nitrogen and oxygen atoms in total. The fourth-order valence-corrected chi connectivity index (χ4v) is 4.70. The number of nitrogens with one attached hydrogen (secondary N) is 1. The van der Waals surface area contributed by atoms with Crippen LogP contribution in [0.5, 0.6) is 0 Å². The molecule has 32 heavy (non-hydrogen) atoms. The normalized spacial score (nSPS) is 11.8. The molecule has 3 aromatic rings. The molecule has 0 aromatic heterocycles. The molecule has 0 fully saturated rings. The fraction of sp³-hybridized carbons (Fsp3) is 0.136. The maximum absolute atomic E-state index is 13.3.